The van der Waals surface area contributed by atoms with Crippen LogP contribution in [0.2, 0.25) is 0 Å². The molecule has 0 fully saturated rings. The van der Waals surface area contributed by atoms with Gasteiger partial charge in [0.05, 0.1) is 20.3 Å². The number of nitrogens with one attached hydrogen (secondary N) is 1. The summed E-state index contributed by atoms with van der Waals surface area (Å²) in [4.78, 5) is 0. The fraction of sp³-hybridized carbons (Fsp3) is 0.714. The zero-order valence-corrected chi connectivity index (χ0v) is 13.3. The van der Waals surface area contributed by atoms with Gasteiger partial charge in [0.25, 0.3) is 0 Å². The topological polar surface area (TPSA) is 29.1 Å². The van der Waals surface area contributed by atoms with Crippen molar-refractivity contribution in [2.45, 2.75) is 62.0 Å². The van der Waals surface area contributed by atoms with Gasteiger partial charge in [-0.15, -0.1) is 11.3 Å². The van der Waals surface area contributed by atoms with E-state index in [-0.39, 0.29) is 5.25 Å². The fourth-order valence-electron chi connectivity index (χ4n) is 2.17. The van der Waals surface area contributed by atoms with Crippen molar-refractivity contribution in [1.29, 1.82) is 0 Å². The van der Waals surface area contributed by atoms with Crippen LogP contribution in [0.15, 0.2) is 21.7 Å². The first-order chi connectivity index (χ1) is 8.74. The first-order valence-electron chi connectivity index (χ1n) is 6.92. The highest BCUT2D eigenvalue weighted by atomic mass is 32.2. The van der Waals surface area contributed by atoms with Gasteiger partial charge in [-0.3, -0.25) is 4.21 Å². The highest BCUT2D eigenvalue weighted by Gasteiger charge is 2.25. The molecular formula is C14H25NOS2. The molecule has 0 radical (unpaired) electrons. The third-order valence-electron chi connectivity index (χ3n) is 3.08. The van der Waals surface area contributed by atoms with Crippen molar-refractivity contribution in [3.05, 3.63) is 17.5 Å². The first kappa shape index (κ1) is 15.9. The molecule has 1 aromatic rings. The third kappa shape index (κ3) is 4.48. The summed E-state index contributed by atoms with van der Waals surface area (Å²) in [6.07, 6.45) is 4.34. The summed E-state index contributed by atoms with van der Waals surface area (Å²) in [5, 5.41) is 5.82. The van der Waals surface area contributed by atoms with E-state index in [0.29, 0.717) is 6.04 Å². The van der Waals surface area contributed by atoms with E-state index in [4.69, 9.17) is 0 Å². The maximum atomic E-state index is 12.6. The summed E-state index contributed by atoms with van der Waals surface area (Å²) in [7, 11) is -0.869. The summed E-state index contributed by atoms with van der Waals surface area (Å²) in [5.41, 5.74) is 0. The van der Waals surface area contributed by atoms with Crippen LogP contribution in [0.1, 0.15) is 46.5 Å². The molecule has 18 heavy (non-hydrogen) atoms. The third-order valence-corrected chi connectivity index (χ3v) is 6.26. The van der Waals surface area contributed by atoms with Gasteiger partial charge in [0.2, 0.25) is 0 Å². The number of hydrogen-bond donors (Lipinski definition) is 1. The lowest BCUT2D eigenvalue weighted by atomic mass is 10.1. The van der Waals surface area contributed by atoms with Crippen LogP contribution >= 0.6 is 11.3 Å². The average Bonchev–Trinajstić information content (AvgIpc) is 2.90. The molecule has 0 saturated heterocycles. The van der Waals surface area contributed by atoms with Gasteiger partial charge in [-0.2, -0.15) is 0 Å². The van der Waals surface area contributed by atoms with Gasteiger partial charge in [0.15, 0.2) is 0 Å². The largest absolute Gasteiger partial charge is 0.313 e. The second-order valence-electron chi connectivity index (χ2n) is 4.53. The lowest BCUT2D eigenvalue weighted by Crippen LogP contribution is -2.42. The quantitative estimate of drug-likeness (QED) is 0.748. The Morgan fingerprint density at radius 3 is 2.61 bits per heavy atom. The van der Waals surface area contributed by atoms with E-state index < -0.39 is 10.8 Å². The van der Waals surface area contributed by atoms with Gasteiger partial charge in [0, 0.05) is 6.04 Å². The van der Waals surface area contributed by atoms with Crippen LogP contribution in [0.25, 0.3) is 0 Å². The van der Waals surface area contributed by atoms with Gasteiger partial charge in [-0.25, -0.2) is 0 Å². The molecule has 1 heterocycles. The molecule has 0 aliphatic heterocycles. The summed E-state index contributed by atoms with van der Waals surface area (Å²) in [6.45, 7) is 7.53. The standard InChI is InChI=1S/C14H25NOS2/c1-4-8-12(15-10-5-2)13(6-3)18(16)14-9-7-11-17-14/h7,9,11-13,15H,4-6,8,10H2,1-3H3. The van der Waals surface area contributed by atoms with Crippen molar-refractivity contribution in [2.75, 3.05) is 6.54 Å². The zero-order valence-electron chi connectivity index (χ0n) is 11.6. The molecule has 1 rings (SSSR count). The van der Waals surface area contributed by atoms with Gasteiger partial charge < -0.3 is 5.32 Å². The predicted molar refractivity (Wildman–Crippen MR) is 81.8 cm³/mol. The van der Waals surface area contributed by atoms with Crippen LogP contribution < -0.4 is 5.32 Å². The number of hydrogen-bond acceptors (Lipinski definition) is 3. The van der Waals surface area contributed by atoms with Gasteiger partial charge >= 0.3 is 0 Å². The maximum Gasteiger partial charge on any atom is 0.0914 e. The number of rotatable bonds is 9. The average molecular weight is 287 g/mol. The highest BCUT2D eigenvalue weighted by molar-refractivity contribution is 7.88. The minimum Gasteiger partial charge on any atom is -0.313 e. The van der Waals surface area contributed by atoms with E-state index in [1.54, 1.807) is 11.3 Å². The molecule has 3 atom stereocenters. The molecule has 1 aromatic heterocycles. The molecule has 0 spiro atoms. The van der Waals surface area contributed by atoms with Crippen LogP contribution in [0.5, 0.6) is 0 Å². The van der Waals surface area contributed by atoms with E-state index in [9.17, 15) is 4.21 Å². The molecule has 0 aliphatic carbocycles. The van der Waals surface area contributed by atoms with Crippen molar-refractivity contribution in [3.63, 3.8) is 0 Å². The SMILES string of the molecule is CCCNC(CCC)C(CC)S(=O)c1cccs1. The summed E-state index contributed by atoms with van der Waals surface area (Å²) >= 11 is 1.61. The van der Waals surface area contributed by atoms with E-state index in [1.165, 1.54) is 0 Å². The van der Waals surface area contributed by atoms with Crippen molar-refractivity contribution in [2.24, 2.45) is 0 Å². The highest BCUT2D eigenvalue weighted by Crippen LogP contribution is 2.22. The molecule has 0 amide bonds. The molecule has 0 aromatic carbocycles. The molecule has 4 heteroatoms. The molecule has 104 valence electrons. The maximum absolute atomic E-state index is 12.6. The van der Waals surface area contributed by atoms with Gasteiger partial charge in [-0.1, -0.05) is 33.3 Å². The van der Waals surface area contributed by atoms with E-state index in [1.807, 2.05) is 17.5 Å². The Morgan fingerprint density at radius 1 is 1.33 bits per heavy atom. The summed E-state index contributed by atoms with van der Waals surface area (Å²) in [5.74, 6) is 0. The van der Waals surface area contributed by atoms with Crippen molar-refractivity contribution < 1.29 is 4.21 Å². The molecule has 2 nitrogen and oxygen atoms in total. The van der Waals surface area contributed by atoms with Crippen LogP contribution in [0.4, 0.5) is 0 Å². The molecule has 1 N–H and O–H groups in total. The zero-order chi connectivity index (χ0) is 13.4. The predicted octanol–water partition coefficient (Wildman–Crippen LogP) is 3.80. The van der Waals surface area contributed by atoms with Crippen molar-refractivity contribution in [1.82, 2.24) is 5.32 Å². The first-order valence-corrected chi connectivity index (χ1v) is 9.01. The van der Waals surface area contributed by atoms with E-state index in [0.717, 1.165) is 36.4 Å². The smallest absolute Gasteiger partial charge is 0.0914 e. The molecule has 0 aliphatic rings. The Morgan fingerprint density at radius 2 is 2.11 bits per heavy atom. The Hall–Kier alpha value is -0.190. The lowest BCUT2D eigenvalue weighted by molar-refractivity contribution is 0.448. The second-order valence-corrected chi connectivity index (χ2v) is 7.37. The molecule has 3 unspecified atom stereocenters. The normalized spacial score (nSPS) is 16.4. The number of thiophene rings is 1. The Kier molecular flexibility index (Phi) is 7.79. The van der Waals surface area contributed by atoms with Crippen LogP contribution in [0.3, 0.4) is 0 Å². The van der Waals surface area contributed by atoms with E-state index >= 15 is 0 Å². The Labute approximate surface area is 118 Å². The molecule has 0 bridgehead atoms. The van der Waals surface area contributed by atoms with Crippen molar-refractivity contribution in [3.8, 4) is 0 Å². The molecule has 0 saturated carbocycles. The van der Waals surface area contributed by atoms with Gasteiger partial charge in [-0.05, 0) is 37.3 Å². The van der Waals surface area contributed by atoms with Crippen LogP contribution in [-0.2, 0) is 10.8 Å². The minimum absolute atomic E-state index is 0.232. The summed E-state index contributed by atoms with van der Waals surface area (Å²) in [6, 6.07) is 4.36. The second kappa shape index (κ2) is 8.83. The Balaban J connectivity index is 2.74. The fourth-order valence-corrected chi connectivity index (χ4v) is 4.88. The molecular weight excluding hydrogens is 262 g/mol. The van der Waals surface area contributed by atoms with Crippen LogP contribution in [0, 0.1) is 0 Å². The lowest BCUT2D eigenvalue weighted by Gasteiger charge is -2.26. The summed E-state index contributed by atoms with van der Waals surface area (Å²) < 4.78 is 13.6. The van der Waals surface area contributed by atoms with Crippen LogP contribution in [-0.4, -0.2) is 22.0 Å². The monoisotopic (exact) mass is 287 g/mol. The Bertz CT molecular complexity index is 338. The van der Waals surface area contributed by atoms with E-state index in [2.05, 4.69) is 26.1 Å². The van der Waals surface area contributed by atoms with Crippen molar-refractivity contribution >= 4 is 22.1 Å². The van der Waals surface area contributed by atoms with Gasteiger partial charge in [0.1, 0.15) is 0 Å². The minimum atomic E-state index is -0.869.